The number of aliphatic hydroxyl groups excluding tert-OH is 1. The highest BCUT2D eigenvalue weighted by atomic mass is 31.2. The predicted molar refractivity (Wildman–Crippen MR) is 358 cm³/mol. The monoisotopic (exact) mass is 1310 g/mol. The van der Waals surface area contributed by atoms with Crippen LogP contribution in [0.5, 0.6) is 0 Å². The number of hydrogen-bond donors (Lipinski definition) is 3. The molecule has 0 aliphatic heterocycles. The zero-order chi connectivity index (χ0) is 65.9. The predicted octanol–water partition coefficient (Wildman–Crippen LogP) is 19.8. The van der Waals surface area contributed by atoms with Crippen molar-refractivity contribution in [1.29, 1.82) is 0 Å². The SMILES string of the molecule is CCCCCCCC(=O)OC[C@H](COP(=O)(O)OC[C@H](O)COP(=O)(O)OC[C@@H](COC(=O)CCCCCCCCCCCCCCCC(C)C)OC(=O)CCCCCCCCCCCCCCCCC(C)CC)OC(=O)CCCCCCCCCC(C)C. The number of hydrogen-bond acceptors (Lipinski definition) is 15. The maximum absolute atomic E-state index is 13.0. The first-order chi connectivity index (χ1) is 42.8. The number of ether oxygens (including phenoxy) is 4. The summed E-state index contributed by atoms with van der Waals surface area (Å²) in [6.07, 6.45) is 44.9. The van der Waals surface area contributed by atoms with Crippen LogP contribution in [0.2, 0.25) is 0 Å². The van der Waals surface area contributed by atoms with Crippen LogP contribution in [0, 0.1) is 17.8 Å². The molecular formula is C70H136O17P2. The number of carbonyl (C=O) groups excluding carboxylic acids is 4. The van der Waals surface area contributed by atoms with Gasteiger partial charge >= 0.3 is 39.5 Å². The topological polar surface area (TPSA) is 237 Å². The molecule has 89 heavy (non-hydrogen) atoms. The molecule has 0 aliphatic rings. The largest absolute Gasteiger partial charge is 0.472 e. The molecule has 0 bridgehead atoms. The molecule has 19 heteroatoms. The Hall–Kier alpha value is -1.94. The Morgan fingerprint density at radius 2 is 0.573 bits per heavy atom. The number of phosphoric acid groups is 2. The van der Waals surface area contributed by atoms with E-state index in [0.29, 0.717) is 31.6 Å². The van der Waals surface area contributed by atoms with Crippen LogP contribution in [0.25, 0.3) is 0 Å². The summed E-state index contributed by atoms with van der Waals surface area (Å²) in [6, 6.07) is 0. The van der Waals surface area contributed by atoms with Crippen LogP contribution in [-0.4, -0.2) is 96.7 Å². The molecule has 0 aromatic carbocycles. The standard InChI is InChI=1S/C70H136O17P2/c1-8-10-11-34-44-51-67(72)80-57-65(86-70(75)54-47-40-33-27-29-36-42-49-62(5)6)59-84-88(76,77)82-55-64(71)56-83-89(78,79)85-60-66(58-81-68(73)52-45-38-31-25-21-18-14-15-19-23-28-35-41-48-61(3)4)87-69(74)53-46-39-32-26-22-17-13-12-16-20-24-30-37-43-50-63(7)9-2/h61-66,71H,8-60H2,1-7H3,(H,76,77)(H,78,79)/t63?,64-,65+,66+/m0/s1. The van der Waals surface area contributed by atoms with E-state index in [9.17, 15) is 43.2 Å². The number of unbranched alkanes of at least 4 members (excludes halogenated alkanes) is 35. The van der Waals surface area contributed by atoms with Gasteiger partial charge in [-0.15, -0.1) is 0 Å². The molecule has 0 spiro atoms. The number of aliphatic hydroxyl groups is 1. The van der Waals surface area contributed by atoms with Crippen molar-refractivity contribution in [1.82, 2.24) is 0 Å². The average Bonchev–Trinajstić information content (AvgIpc) is 3.66. The first-order valence-corrected chi connectivity index (χ1v) is 39.4. The van der Waals surface area contributed by atoms with Crippen molar-refractivity contribution in [2.45, 2.75) is 369 Å². The Kier molecular flexibility index (Phi) is 59.6. The third-order valence-corrected chi connectivity index (χ3v) is 18.4. The Morgan fingerprint density at radius 1 is 0.326 bits per heavy atom. The van der Waals surface area contributed by atoms with Crippen LogP contribution < -0.4 is 0 Å². The molecule has 0 saturated heterocycles. The third-order valence-electron chi connectivity index (χ3n) is 16.5. The van der Waals surface area contributed by atoms with Crippen LogP contribution in [0.3, 0.4) is 0 Å². The van der Waals surface area contributed by atoms with E-state index in [4.69, 9.17) is 37.0 Å². The average molecular weight is 1310 g/mol. The van der Waals surface area contributed by atoms with E-state index in [-0.39, 0.29) is 25.7 Å². The molecule has 0 saturated carbocycles. The van der Waals surface area contributed by atoms with Crippen LogP contribution in [-0.2, 0) is 65.4 Å². The van der Waals surface area contributed by atoms with E-state index >= 15 is 0 Å². The molecule has 0 fully saturated rings. The van der Waals surface area contributed by atoms with E-state index in [1.54, 1.807) is 0 Å². The second-order valence-electron chi connectivity index (χ2n) is 26.5. The van der Waals surface area contributed by atoms with Gasteiger partial charge in [-0.3, -0.25) is 37.3 Å². The molecule has 0 radical (unpaired) electrons. The van der Waals surface area contributed by atoms with Gasteiger partial charge in [0.05, 0.1) is 26.4 Å². The Balaban J connectivity index is 5.16. The molecule has 0 heterocycles. The molecular weight excluding hydrogens is 1170 g/mol. The first-order valence-electron chi connectivity index (χ1n) is 36.4. The van der Waals surface area contributed by atoms with Gasteiger partial charge in [0.15, 0.2) is 12.2 Å². The maximum atomic E-state index is 13.0. The van der Waals surface area contributed by atoms with Gasteiger partial charge in [0.2, 0.25) is 0 Å². The number of carbonyl (C=O) groups is 4. The first kappa shape index (κ1) is 87.1. The van der Waals surface area contributed by atoms with Crippen molar-refractivity contribution in [3.05, 3.63) is 0 Å². The van der Waals surface area contributed by atoms with E-state index in [1.165, 1.54) is 154 Å². The fourth-order valence-electron chi connectivity index (χ4n) is 10.5. The lowest BCUT2D eigenvalue weighted by atomic mass is 9.99. The van der Waals surface area contributed by atoms with E-state index in [0.717, 1.165) is 108 Å². The Bertz CT molecular complexity index is 1750. The van der Waals surface area contributed by atoms with Crippen molar-refractivity contribution < 1.29 is 80.2 Å². The molecule has 3 N–H and O–H groups in total. The summed E-state index contributed by atoms with van der Waals surface area (Å²) >= 11 is 0. The van der Waals surface area contributed by atoms with Crippen molar-refractivity contribution in [2.75, 3.05) is 39.6 Å². The summed E-state index contributed by atoms with van der Waals surface area (Å²) in [6.45, 7) is 11.8. The summed E-state index contributed by atoms with van der Waals surface area (Å²) in [5.41, 5.74) is 0. The van der Waals surface area contributed by atoms with E-state index in [1.807, 2.05) is 0 Å². The van der Waals surface area contributed by atoms with Crippen molar-refractivity contribution >= 4 is 39.5 Å². The van der Waals surface area contributed by atoms with Crippen LogP contribution in [0.4, 0.5) is 0 Å². The van der Waals surface area contributed by atoms with Crippen molar-refractivity contribution in [2.24, 2.45) is 17.8 Å². The molecule has 0 aromatic heterocycles. The third kappa shape index (κ3) is 63.2. The molecule has 528 valence electrons. The summed E-state index contributed by atoms with van der Waals surface area (Å²) in [7, 11) is -9.89. The second kappa shape index (κ2) is 61.0. The Labute approximate surface area is 543 Å². The van der Waals surface area contributed by atoms with Gasteiger partial charge in [0.1, 0.15) is 19.3 Å². The van der Waals surface area contributed by atoms with E-state index in [2.05, 4.69) is 48.5 Å². The molecule has 3 unspecified atom stereocenters. The van der Waals surface area contributed by atoms with Gasteiger partial charge in [-0.2, -0.15) is 0 Å². The normalized spacial score (nSPS) is 14.5. The number of rotatable bonds is 68. The highest BCUT2D eigenvalue weighted by Gasteiger charge is 2.30. The van der Waals surface area contributed by atoms with Gasteiger partial charge < -0.3 is 33.8 Å². The molecule has 0 aliphatic carbocycles. The van der Waals surface area contributed by atoms with Crippen LogP contribution in [0.15, 0.2) is 0 Å². The molecule has 0 rings (SSSR count). The molecule has 0 amide bonds. The second-order valence-corrected chi connectivity index (χ2v) is 29.4. The van der Waals surface area contributed by atoms with Crippen molar-refractivity contribution in [3.63, 3.8) is 0 Å². The highest BCUT2D eigenvalue weighted by Crippen LogP contribution is 2.45. The fraction of sp³-hybridized carbons (Fsp3) is 0.943. The minimum absolute atomic E-state index is 0.102. The van der Waals surface area contributed by atoms with Crippen molar-refractivity contribution in [3.8, 4) is 0 Å². The number of esters is 4. The van der Waals surface area contributed by atoms with Gasteiger partial charge in [-0.25, -0.2) is 9.13 Å². The molecule has 17 nitrogen and oxygen atoms in total. The lowest BCUT2D eigenvalue weighted by Gasteiger charge is -2.21. The van der Waals surface area contributed by atoms with Crippen LogP contribution >= 0.6 is 15.6 Å². The zero-order valence-corrected chi connectivity index (χ0v) is 59.7. The minimum atomic E-state index is -4.95. The lowest BCUT2D eigenvalue weighted by molar-refractivity contribution is -0.161. The lowest BCUT2D eigenvalue weighted by Crippen LogP contribution is -2.30. The molecule has 6 atom stereocenters. The quantitative estimate of drug-likeness (QED) is 0.0222. The zero-order valence-electron chi connectivity index (χ0n) is 57.9. The van der Waals surface area contributed by atoms with Gasteiger partial charge in [0.25, 0.3) is 0 Å². The summed E-state index contributed by atoms with van der Waals surface area (Å²) in [5.74, 6) is 0.194. The smallest absolute Gasteiger partial charge is 0.462 e. The number of phosphoric ester groups is 2. The fourth-order valence-corrected chi connectivity index (χ4v) is 12.1. The van der Waals surface area contributed by atoms with Gasteiger partial charge in [-0.1, -0.05) is 299 Å². The summed E-state index contributed by atoms with van der Waals surface area (Å²) < 4.78 is 68.0. The summed E-state index contributed by atoms with van der Waals surface area (Å²) in [4.78, 5) is 72.2. The van der Waals surface area contributed by atoms with E-state index < -0.39 is 97.5 Å². The van der Waals surface area contributed by atoms with Gasteiger partial charge in [-0.05, 0) is 43.4 Å². The maximum Gasteiger partial charge on any atom is 0.472 e. The van der Waals surface area contributed by atoms with Gasteiger partial charge in [0, 0.05) is 25.7 Å². The Morgan fingerprint density at radius 3 is 0.854 bits per heavy atom. The summed E-state index contributed by atoms with van der Waals surface area (Å²) in [5, 5.41) is 10.6. The molecule has 0 aromatic rings. The van der Waals surface area contributed by atoms with Crippen LogP contribution in [0.1, 0.15) is 350 Å². The minimum Gasteiger partial charge on any atom is -0.462 e. The highest BCUT2D eigenvalue weighted by molar-refractivity contribution is 7.47.